The van der Waals surface area contributed by atoms with Crippen LogP contribution in [0.3, 0.4) is 0 Å². The van der Waals surface area contributed by atoms with E-state index in [4.69, 9.17) is 6.58 Å². The first-order chi connectivity index (χ1) is 28.4. The van der Waals surface area contributed by atoms with E-state index >= 15 is 0 Å². The highest BCUT2D eigenvalue weighted by atomic mass is 15.0. The Bertz CT molecular complexity index is 2910. The van der Waals surface area contributed by atoms with E-state index in [0.29, 0.717) is 11.8 Å². The summed E-state index contributed by atoms with van der Waals surface area (Å²) in [5.41, 5.74) is 12.3. The van der Waals surface area contributed by atoms with E-state index in [-0.39, 0.29) is 5.92 Å². The molecule has 4 atom stereocenters. The van der Waals surface area contributed by atoms with E-state index < -0.39 is 5.41 Å². The maximum absolute atomic E-state index is 4.88. The third kappa shape index (κ3) is 5.92. The van der Waals surface area contributed by atoms with Crippen molar-refractivity contribution in [2.24, 2.45) is 17.8 Å². The number of benzene rings is 7. The lowest BCUT2D eigenvalue weighted by Crippen LogP contribution is -2.38. The second-order valence-electron chi connectivity index (χ2n) is 16.9. The Morgan fingerprint density at radius 3 is 1.90 bits per heavy atom. The number of rotatable bonds is 6. The molecule has 8 aromatic rings. The van der Waals surface area contributed by atoms with Gasteiger partial charge in [0.05, 0.1) is 11.0 Å². The molecule has 0 fully saturated rings. The summed E-state index contributed by atoms with van der Waals surface area (Å²) in [7, 11) is 0. The van der Waals surface area contributed by atoms with E-state index in [1.54, 1.807) is 0 Å². The summed E-state index contributed by atoms with van der Waals surface area (Å²) >= 11 is 0. The molecule has 1 heterocycles. The Kier molecular flexibility index (Phi) is 8.98. The van der Waals surface area contributed by atoms with Crippen molar-refractivity contribution in [3.05, 3.63) is 223 Å². The second-order valence-corrected chi connectivity index (χ2v) is 16.9. The van der Waals surface area contributed by atoms with Gasteiger partial charge in [-0.3, -0.25) is 0 Å². The lowest BCUT2D eigenvalue weighted by molar-refractivity contribution is 0.304. The quantitative estimate of drug-likeness (QED) is 0.160. The van der Waals surface area contributed by atoms with Crippen LogP contribution >= 0.6 is 0 Å². The normalized spacial score (nSPS) is 19.7. The van der Waals surface area contributed by atoms with Crippen molar-refractivity contribution in [2.75, 3.05) is 0 Å². The van der Waals surface area contributed by atoms with Crippen LogP contribution in [-0.4, -0.2) is 4.57 Å². The average molecular weight is 748 g/mol. The monoisotopic (exact) mass is 747 g/mol. The molecule has 0 aliphatic heterocycles. The summed E-state index contributed by atoms with van der Waals surface area (Å²) in [6.07, 6.45) is 14.0. The first-order valence-electron chi connectivity index (χ1n) is 20.9. The Morgan fingerprint density at radius 1 is 0.638 bits per heavy atom. The summed E-state index contributed by atoms with van der Waals surface area (Å²) in [5.74, 6) is 0.815. The van der Waals surface area contributed by atoms with Crippen molar-refractivity contribution in [1.82, 2.24) is 4.57 Å². The molecule has 1 aromatic heterocycles. The number of fused-ring (bicyclic) bond motifs is 7. The summed E-state index contributed by atoms with van der Waals surface area (Å²) in [4.78, 5) is 0. The predicted molar refractivity (Wildman–Crippen MR) is 249 cm³/mol. The molecule has 0 spiro atoms. The van der Waals surface area contributed by atoms with Crippen molar-refractivity contribution >= 4 is 54.5 Å². The molecule has 0 N–H and O–H groups in total. The lowest BCUT2D eigenvalue weighted by Gasteiger charge is -2.44. The SMILES string of the molecule is C=C1C(C(C)(c2cccc(-n3c4ccc5ccccc5c4c4c5ccccc5ccc43)c2)C2C=C(c3ccccc3)C=C(c3ccccc3)CC2C)=CC=CCC1C. The fourth-order valence-corrected chi connectivity index (χ4v) is 10.3. The Labute approximate surface area is 342 Å². The van der Waals surface area contributed by atoms with Crippen LogP contribution in [0.15, 0.2) is 206 Å². The van der Waals surface area contributed by atoms with E-state index in [2.05, 4.69) is 213 Å². The van der Waals surface area contributed by atoms with Crippen LogP contribution in [-0.2, 0) is 5.41 Å². The lowest BCUT2D eigenvalue weighted by atomic mass is 9.59. The first-order valence-corrected chi connectivity index (χ1v) is 20.9. The third-order valence-electron chi connectivity index (χ3n) is 13.4. The molecule has 282 valence electrons. The van der Waals surface area contributed by atoms with Gasteiger partial charge in [0, 0.05) is 21.9 Å². The van der Waals surface area contributed by atoms with Crippen LogP contribution in [0, 0.1) is 17.8 Å². The maximum atomic E-state index is 4.88. The van der Waals surface area contributed by atoms with Gasteiger partial charge >= 0.3 is 0 Å². The van der Waals surface area contributed by atoms with Gasteiger partial charge < -0.3 is 4.57 Å². The smallest absolute Gasteiger partial charge is 0.0547 e. The Morgan fingerprint density at radius 2 is 1.24 bits per heavy atom. The molecule has 2 aliphatic carbocycles. The van der Waals surface area contributed by atoms with Crippen LogP contribution < -0.4 is 0 Å². The van der Waals surface area contributed by atoms with E-state index in [0.717, 1.165) is 12.8 Å². The molecule has 0 radical (unpaired) electrons. The zero-order valence-electron chi connectivity index (χ0n) is 33.7. The van der Waals surface area contributed by atoms with Gasteiger partial charge in [-0.25, -0.2) is 0 Å². The molecule has 1 nitrogen and oxygen atoms in total. The molecule has 7 aromatic carbocycles. The molecule has 0 bridgehead atoms. The fraction of sp³-hybridized carbons (Fsp3) is 0.158. The molecule has 4 unspecified atom stereocenters. The maximum Gasteiger partial charge on any atom is 0.0547 e. The van der Waals surface area contributed by atoms with Crippen molar-refractivity contribution < 1.29 is 0 Å². The van der Waals surface area contributed by atoms with Crippen LogP contribution in [0.2, 0.25) is 0 Å². The molecule has 0 saturated carbocycles. The van der Waals surface area contributed by atoms with E-state index in [1.165, 1.54) is 88.0 Å². The van der Waals surface area contributed by atoms with Crippen molar-refractivity contribution in [2.45, 2.75) is 39.0 Å². The number of allylic oxidation sites excluding steroid dienone is 9. The third-order valence-corrected chi connectivity index (χ3v) is 13.4. The topological polar surface area (TPSA) is 4.93 Å². The van der Waals surface area contributed by atoms with Gasteiger partial charge in [-0.1, -0.05) is 191 Å². The standard InChI is InChI=1S/C57H49N/c1-38-18-11-16-29-51(40(38)3)57(4,52-36-46(42-21-9-6-10-22-42)35-45(34-39(52)2)41-19-7-5-8-20-41)47-25-17-26-48(37-47)58-53-32-30-43-23-12-14-27-49(43)55(53)56-50-28-15-13-24-44(50)31-33-54(56)58/h5-17,19-33,35-39,52H,3,18,34H2,1-2,4H3. The summed E-state index contributed by atoms with van der Waals surface area (Å²) < 4.78 is 2.52. The van der Waals surface area contributed by atoms with Gasteiger partial charge in [-0.05, 0) is 115 Å². The highest BCUT2D eigenvalue weighted by Gasteiger charge is 2.44. The average Bonchev–Trinajstić information content (AvgIpc) is 3.39. The molecular weight excluding hydrogens is 699 g/mol. The largest absolute Gasteiger partial charge is 0.309 e. The van der Waals surface area contributed by atoms with Gasteiger partial charge in [0.2, 0.25) is 0 Å². The summed E-state index contributed by atoms with van der Waals surface area (Å²) in [5, 5.41) is 7.71. The van der Waals surface area contributed by atoms with E-state index in [9.17, 15) is 0 Å². The Balaban J connectivity index is 1.23. The Hall–Kier alpha value is -6.44. The summed E-state index contributed by atoms with van der Waals surface area (Å²) in [6.45, 7) is 12.2. The minimum atomic E-state index is -0.409. The number of nitrogens with zero attached hydrogens (tertiary/aromatic N) is 1. The zero-order chi connectivity index (χ0) is 39.4. The molecule has 58 heavy (non-hydrogen) atoms. The van der Waals surface area contributed by atoms with Gasteiger partial charge in [-0.15, -0.1) is 0 Å². The molecule has 10 rings (SSSR count). The van der Waals surface area contributed by atoms with Crippen molar-refractivity contribution in [1.29, 1.82) is 0 Å². The predicted octanol–water partition coefficient (Wildman–Crippen LogP) is 15.2. The molecule has 2 aliphatic rings. The minimum absolute atomic E-state index is 0.156. The molecule has 1 heteroatoms. The molecular formula is C57H49N. The van der Waals surface area contributed by atoms with Crippen molar-refractivity contribution in [3.63, 3.8) is 0 Å². The molecule has 0 amide bonds. The van der Waals surface area contributed by atoms with Gasteiger partial charge in [0.25, 0.3) is 0 Å². The zero-order valence-corrected chi connectivity index (χ0v) is 33.7. The van der Waals surface area contributed by atoms with Gasteiger partial charge in [0.15, 0.2) is 0 Å². The minimum Gasteiger partial charge on any atom is -0.309 e. The number of hydrogen-bond acceptors (Lipinski definition) is 0. The second kappa shape index (κ2) is 14.5. The van der Waals surface area contributed by atoms with Gasteiger partial charge in [0.1, 0.15) is 0 Å². The van der Waals surface area contributed by atoms with Crippen LogP contribution in [0.5, 0.6) is 0 Å². The number of hydrogen-bond donors (Lipinski definition) is 0. The summed E-state index contributed by atoms with van der Waals surface area (Å²) in [6, 6.07) is 58.4. The van der Waals surface area contributed by atoms with Crippen LogP contribution in [0.25, 0.3) is 60.2 Å². The number of aromatic nitrogens is 1. The fourth-order valence-electron chi connectivity index (χ4n) is 10.3. The van der Waals surface area contributed by atoms with E-state index in [1.807, 2.05) is 0 Å². The van der Waals surface area contributed by atoms with Crippen molar-refractivity contribution in [3.8, 4) is 5.69 Å². The van der Waals surface area contributed by atoms with Crippen LogP contribution in [0.1, 0.15) is 50.3 Å². The van der Waals surface area contributed by atoms with Crippen LogP contribution in [0.4, 0.5) is 0 Å². The van der Waals surface area contributed by atoms with Gasteiger partial charge in [-0.2, -0.15) is 0 Å². The molecule has 0 saturated heterocycles. The first kappa shape index (κ1) is 35.9. The highest BCUT2D eigenvalue weighted by Crippen LogP contribution is 2.52. The highest BCUT2D eigenvalue weighted by molar-refractivity contribution is 6.28.